The molecule has 7 heteroatoms. The Balaban J connectivity index is 1.46. The number of carbonyl (C=O) groups is 1. The van der Waals surface area contributed by atoms with Gasteiger partial charge in [-0.05, 0) is 45.1 Å². The molecule has 0 aliphatic carbocycles. The lowest BCUT2D eigenvalue weighted by Gasteiger charge is -2.16. The van der Waals surface area contributed by atoms with Crippen LogP contribution >= 0.6 is 0 Å². The molecular weight excluding hydrogens is 444 g/mol. The first-order valence-corrected chi connectivity index (χ1v) is 13.1. The van der Waals surface area contributed by atoms with Crippen LogP contribution in [-0.2, 0) is 14.3 Å². The van der Waals surface area contributed by atoms with Gasteiger partial charge in [0, 0.05) is 18.2 Å². The number of hydrogen-bond acceptors (Lipinski definition) is 5. The second-order valence-electron chi connectivity index (χ2n) is 9.09. The van der Waals surface area contributed by atoms with E-state index in [2.05, 4.69) is 36.2 Å². The predicted molar refractivity (Wildman–Crippen MR) is 139 cm³/mol. The minimum Gasteiger partial charge on any atom is -0.463 e. The summed E-state index contributed by atoms with van der Waals surface area (Å²) in [5.74, 6) is -0.226. The van der Waals surface area contributed by atoms with Crippen LogP contribution in [0.5, 0.6) is 0 Å². The van der Waals surface area contributed by atoms with Gasteiger partial charge in [-0.25, -0.2) is 4.79 Å². The van der Waals surface area contributed by atoms with E-state index in [9.17, 15) is 14.4 Å². The van der Waals surface area contributed by atoms with Crippen LogP contribution in [0.4, 0.5) is 0 Å². The summed E-state index contributed by atoms with van der Waals surface area (Å²) in [4.78, 5) is 37.8. The Hall–Kier alpha value is -2.67. The van der Waals surface area contributed by atoms with Crippen molar-refractivity contribution in [3.63, 3.8) is 0 Å². The van der Waals surface area contributed by atoms with E-state index in [4.69, 9.17) is 9.47 Å². The largest absolute Gasteiger partial charge is 0.463 e. The number of hydrogen-bond donors (Lipinski definition) is 1. The van der Waals surface area contributed by atoms with Gasteiger partial charge in [0.1, 0.15) is 12.7 Å². The molecule has 2 rings (SSSR count). The van der Waals surface area contributed by atoms with Crippen molar-refractivity contribution in [1.82, 2.24) is 9.55 Å². The molecular formula is C28H42N2O5. The fraction of sp³-hybridized carbons (Fsp3) is 0.607. The number of aromatic nitrogens is 2. The lowest BCUT2D eigenvalue weighted by Crippen LogP contribution is -2.33. The van der Waals surface area contributed by atoms with Gasteiger partial charge in [0.05, 0.1) is 0 Å². The third-order valence-corrected chi connectivity index (χ3v) is 5.96. The van der Waals surface area contributed by atoms with Gasteiger partial charge in [0.25, 0.3) is 5.56 Å². The maximum atomic E-state index is 12.0. The standard InChI is InChI=1S/C28H42N2O5/c1-3-4-5-6-7-8-9-10-11-12-13-14-15-16-17-18-26(31)34-22-24-19-20-25(35-24)30-21-23(2)27(32)29-28(30)33/h6-7,9-10,19-21,24-25H,3-5,8,11-18,22H2,1-2H3,(H,29,32,33)/b7-6+,10-9+/t24-,25+/m0/s1. The fourth-order valence-electron chi connectivity index (χ4n) is 3.83. The second-order valence-corrected chi connectivity index (χ2v) is 9.09. The predicted octanol–water partition coefficient (Wildman–Crippen LogP) is 5.66. The smallest absolute Gasteiger partial charge is 0.330 e. The van der Waals surface area contributed by atoms with Crippen molar-refractivity contribution in [1.29, 1.82) is 0 Å². The summed E-state index contributed by atoms with van der Waals surface area (Å²) in [6.07, 6.45) is 26.0. The number of allylic oxidation sites excluding steroid dienone is 4. The van der Waals surface area contributed by atoms with Crippen molar-refractivity contribution in [3.05, 3.63) is 69.1 Å². The maximum absolute atomic E-state index is 12.0. The molecule has 0 aromatic carbocycles. The molecule has 0 saturated carbocycles. The van der Waals surface area contributed by atoms with Crippen LogP contribution in [0.25, 0.3) is 0 Å². The van der Waals surface area contributed by atoms with Gasteiger partial charge in [-0.15, -0.1) is 0 Å². The zero-order valence-corrected chi connectivity index (χ0v) is 21.4. The second kappa shape index (κ2) is 16.9. The van der Waals surface area contributed by atoms with Crippen molar-refractivity contribution in [2.45, 2.75) is 103 Å². The Bertz CT molecular complexity index is 957. The average Bonchev–Trinajstić information content (AvgIpc) is 3.31. The van der Waals surface area contributed by atoms with Crippen LogP contribution in [0.3, 0.4) is 0 Å². The number of nitrogens with one attached hydrogen (secondary N) is 1. The van der Waals surface area contributed by atoms with Crippen molar-refractivity contribution < 1.29 is 14.3 Å². The van der Waals surface area contributed by atoms with Crippen LogP contribution < -0.4 is 11.2 Å². The van der Waals surface area contributed by atoms with Gasteiger partial charge in [0.2, 0.25) is 0 Å². The maximum Gasteiger partial charge on any atom is 0.330 e. The molecule has 0 fully saturated rings. The minimum atomic E-state index is -0.621. The molecule has 0 spiro atoms. The monoisotopic (exact) mass is 486 g/mol. The van der Waals surface area contributed by atoms with E-state index in [1.807, 2.05) is 0 Å². The Morgan fingerprint density at radius 3 is 2.43 bits per heavy atom. The molecule has 0 saturated heterocycles. The molecule has 0 unspecified atom stereocenters. The fourth-order valence-corrected chi connectivity index (χ4v) is 3.83. The van der Waals surface area contributed by atoms with E-state index in [1.54, 1.807) is 19.1 Å². The number of unbranched alkanes of at least 4 members (excludes halogenated alkanes) is 8. The number of esters is 1. The van der Waals surface area contributed by atoms with E-state index in [1.165, 1.54) is 49.3 Å². The van der Waals surface area contributed by atoms with E-state index >= 15 is 0 Å². The lowest BCUT2D eigenvalue weighted by atomic mass is 10.1. The SMILES string of the molecule is CCCC/C=C/C/C=C/CCCCCCCCC(=O)OC[C@@H]1C=C[C@H](n2cc(C)c(=O)[nH]c2=O)O1. The summed E-state index contributed by atoms with van der Waals surface area (Å²) < 4.78 is 12.4. The number of aromatic amines is 1. The van der Waals surface area contributed by atoms with E-state index in [-0.39, 0.29) is 12.6 Å². The van der Waals surface area contributed by atoms with Crippen LogP contribution in [0.1, 0.15) is 95.8 Å². The lowest BCUT2D eigenvalue weighted by molar-refractivity contribution is -0.147. The topological polar surface area (TPSA) is 90.4 Å². The molecule has 1 aliphatic rings. The van der Waals surface area contributed by atoms with E-state index < -0.39 is 23.6 Å². The Kier molecular flexibility index (Phi) is 13.8. The van der Waals surface area contributed by atoms with Crippen LogP contribution in [0.15, 0.2) is 52.2 Å². The van der Waals surface area contributed by atoms with E-state index in [0.29, 0.717) is 12.0 Å². The van der Waals surface area contributed by atoms with Crippen molar-refractivity contribution in [2.24, 2.45) is 0 Å². The third-order valence-electron chi connectivity index (χ3n) is 5.96. The van der Waals surface area contributed by atoms with Gasteiger partial charge >= 0.3 is 11.7 Å². The number of carbonyl (C=O) groups excluding carboxylic acids is 1. The molecule has 0 amide bonds. The number of ether oxygens (including phenoxy) is 2. The molecule has 2 atom stereocenters. The zero-order chi connectivity index (χ0) is 25.3. The third kappa shape index (κ3) is 11.5. The molecule has 35 heavy (non-hydrogen) atoms. The first kappa shape index (κ1) is 28.6. The summed E-state index contributed by atoms with van der Waals surface area (Å²) >= 11 is 0. The average molecular weight is 487 g/mol. The summed E-state index contributed by atoms with van der Waals surface area (Å²) in [5.41, 5.74) is -0.517. The number of rotatable bonds is 17. The summed E-state index contributed by atoms with van der Waals surface area (Å²) in [5, 5.41) is 0. The molecule has 0 radical (unpaired) electrons. The molecule has 1 N–H and O–H groups in total. The molecule has 0 bridgehead atoms. The zero-order valence-electron chi connectivity index (χ0n) is 21.4. The first-order chi connectivity index (χ1) is 17.0. The summed E-state index contributed by atoms with van der Waals surface area (Å²) in [7, 11) is 0. The Labute approximate surface area is 208 Å². The van der Waals surface area contributed by atoms with Crippen LogP contribution in [-0.4, -0.2) is 28.2 Å². The normalized spacial score (nSPS) is 17.7. The van der Waals surface area contributed by atoms with Gasteiger partial charge in [-0.2, -0.15) is 0 Å². The molecule has 194 valence electrons. The van der Waals surface area contributed by atoms with Crippen molar-refractivity contribution in [3.8, 4) is 0 Å². The highest BCUT2D eigenvalue weighted by Gasteiger charge is 2.23. The first-order valence-electron chi connectivity index (χ1n) is 13.1. The highest BCUT2D eigenvalue weighted by atomic mass is 16.6. The van der Waals surface area contributed by atoms with Gasteiger partial charge in [-0.3, -0.25) is 19.1 Å². The van der Waals surface area contributed by atoms with Crippen molar-refractivity contribution in [2.75, 3.05) is 6.61 Å². The van der Waals surface area contributed by atoms with Gasteiger partial charge in [-0.1, -0.05) is 75.8 Å². The van der Waals surface area contributed by atoms with Crippen LogP contribution in [0, 0.1) is 6.92 Å². The quantitative estimate of drug-likeness (QED) is 0.174. The Morgan fingerprint density at radius 2 is 1.69 bits per heavy atom. The van der Waals surface area contributed by atoms with Gasteiger partial charge < -0.3 is 9.47 Å². The molecule has 1 aromatic heterocycles. The number of nitrogens with zero attached hydrogens (tertiary/aromatic N) is 1. The molecule has 1 aromatic rings. The van der Waals surface area contributed by atoms with Gasteiger partial charge in [0.15, 0.2) is 6.23 Å². The summed E-state index contributed by atoms with van der Waals surface area (Å²) in [6.45, 7) is 3.96. The van der Waals surface area contributed by atoms with Crippen molar-refractivity contribution >= 4 is 5.97 Å². The van der Waals surface area contributed by atoms with E-state index in [0.717, 1.165) is 32.1 Å². The minimum absolute atomic E-state index is 0.116. The van der Waals surface area contributed by atoms with Crippen LogP contribution in [0.2, 0.25) is 0 Å². The summed E-state index contributed by atoms with van der Waals surface area (Å²) in [6, 6.07) is 0. The Morgan fingerprint density at radius 1 is 1.00 bits per heavy atom. The number of H-pyrrole nitrogens is 1. The molecule has 7 nitrogen and oxygen atoms in total. The number of aryl methyl sites for hydroxylation is 1. The highest BCUT2D eigenvalue weighted by Crippen LogP contribution is 2.20. The molecule has 2 heterocycles. The molecule has 1 aliphatic heterocycles. The highest BCUT2D eigenvalue weighted by molar-refractivity contribution is 5.69.